The maximum absolute atomic E-state index is 13.0. The van der Waals surface area contributed by atoms with Gasteiger partial charge in [0.05, 0.1) is 7.11 Å². The van der Waals surface area contributed by atoms with Crippen molar-refractivity contribution in [1.29, 1.82) is 0 Å². The third-order valence-electron chi connectivity index (χ3n) is 5.04. The van der Waals surface area contributed by atoms with Gasteiger partial charge < -0.3 is 15.0 Å². The second-order valence-electron chi connectivity index (χ2n) is 6.49. The fourth-order valence-corrected chi connectivity index (χ4v) is 3.58. The van der Waals surface area contributed by atoms with Gasteiger partial charge in [-0.15, -0.1) is 0 Å². The molecule has 2 aromatic carbocycles. The van der Waals surface area contributed by atoms with Crippen molar-refractivity contribution in [2.75, 3.05) is 33.8 Å². The predicted molar refractivity (Wildman–Crippen MR) is 97.7 cm³/mol. The quantitative estimate of drug-likeness (QED) is 0.916. The van der Waals surface area contributed by atoms with Crippen molar-refractivity contribution in [3.05, 3.63) is 42.0 Å². The Bertz CT molecular complexity index is 706. The number of nitrogens with zero attached hydrogens (tertiary/aromatic N) is 1. The van der Waals surface area contributed by atoms with Gasteiger partial charge in [0.25, 0.3) is 5.91 Å². The third kappa shape index (κ3) is 3.39. The van der Waals surface area contributed by atoms with Crippen LogP contribution in [0, 0.1) is 5.92 Å². The van der Waals surface area contributed by atoms with Gasteiger partial charge >= 0.3 is 0 Å². The lowest BCUT2D eigenvalue weighted by atomic mass is 9.93. The van der Waals surface area contributed by atoms with E-state index >= 15 is 0 Å². The second kappa shape index (κ2) is 7.67. The second-order valence-corrected chi connectivity index (χ2v) is 6.49. The number of likely N-dealkylation sites (tertiary alicyclic amines) is 1. The van der Waals surface area contributed by atoms with Gasteiger partial charge in [-0.3, -0.25) is 4.79 Å². The number of methoxy groups -OCH3 is 1. The smallest absolute Gasteiger partial charge is 0.254 e. The number of benzene rings is 2. The zero-order valence-electron chi connectivity index (χ0n) is 14.5. The van der Waals surface area contributed by atoms with E-state index in [1.165, 1.54) is 6.42 Å². The van der Waals surface area contributed by atoms with Crippen molar-refractivity contribution in [1.82, 2.24) is 10.2 Å². The van der Waals surface area contributed by atoms with Gasteiger partial charge in [-0.05, 0) is 56.3 Å². The first kappa shape index (κ1) is 16.8. The van der Waals surface area contributed by atoms with E-state index in [2.05, 4.69) is 5.32 Å². The van der Waals surface area contributed by atoms with Crippen LogP contribution in [0.15, 0.2) is 36.4 Å². The molecule has 24 heavy (non-hydrogen) atoms. The summed E-state index contributed by atoms with van der Waals surface area (Å²) >= 11 is 0. The first-order valence-corrected chi connectivity index (χ1v) is 8.74. The lowest BCUT2D eigenvalue weighted by Crippen LogP contribution is -2.39. The summed E-state index contributed by atoms with van der Waals surface area (Å²) in [5.74, 6) is 1.68. The predicted octanol–water partition coefficient (Wildman–Crippen LogP) is 3.31. The van der Waals surface area contributed by atoms with Crippen LogP contribution < -0.4 is 10.1 Å². The zero-order valence-corrected chi connectivity index (χ0v) is 14.5. The average Bonchev–Trinajstić information content (AvgIpc) is 2.65. The summed E-state index contributed by atoms with van der Waals surface area (Å²) in [7, 11) is 3.66. The van der Waals surface area contributed by atoms with Crippen molar-refractivity contribution in [2.45, 2.75) is 19.3 Å². The summed E-state index contributed by atoms with van der Waals surface area (Å²) in [6, 6.07) is 11.8. The van der Waals surface area contributed by atoms with Gasteiger partial charge in [-0.25, -0.2) is 0 Å². The van der Waals surface area contributed by atoms with Crippen LogP contribution in [0.2, 0.25) is 0 Å². The number of nitrogens with one attached hydrogen (secondary N) is 1. The number of hydrogen-bond donors (Lipinski definition) is 1. The Balaban J connectivity index is 1.78. The number of fused-ring (bicyclic) bond motifs is 1. The summed E-state index contributed by atoms with van der Waals surface area (Å²) in [5.41, 5.74) is 0.778. The molecule has 1 aliphatic rings. The lowest BCUT2D eigenvalue weighted by molar-refractivity contribution is 0.0689. The fraction of sp³-hybridized carbons (Fsp3) is 0.450. The molecule has 3 rings (SSSR count). The van der Waals surface area contributed by atoms with E-state index in [1.54, 1.807) is 7.11 Å². The van der Waals surface area contributed by atoms with E-state index in [4.69, 9.17) is 4.74 Å². The molecular formula is C20H26N2O2. The summed E-state index contributed by atoms with van der Waals surface area (Å²) in [5, 5.41) is 5.18. The first-order valence-electron chi connectivity index (χ1n) is 8.74. The van der Waals surface area contributed by atoms with Crippen LogP contribution in [0.5, 0.6) is 5.75 Å². The molecular weight excluding hydrogens is 300 g/mol. The fourth-order valence-electron chi connectivity index (χ4n) is 3.58. The molecule has 128 valence electrons. The normalized spacial score (nSPS) is 15.7. The van der Waals surface area contributed by atoms with Gasteiger partial charge in [0.1, 0.15) is 5.75 Å². The van der Waals surface area contributed by atoms with Gasteiger partial charge in [0.2, 0.25) is 0 Å². The monoisotopic (exact) mass is 326 g/mol. The maximum Gasteiger partial charge on any atom is 0.254 e. The minimum absolute atomic E-state index is 0.140. The molecule has 1 heterocycles. The lowest BCUT2D eigenvalue weighted by Gasteiger charge is -2.32. The molecule has 1 saturated heterocycles. The SMILES string of the molecule is CNCCC1CCN(C(=O)c2ccc(OC)c3ccccc23)CC1. The summed E-state index contributed by atoms with van der Waals surface area (Å²) in [6.07, 6.45) is 3.40. The summed E-state index contributed by atoms with van der Waals surface area (Å²) in [4.78, 5) is 15.0. The van der Waals surface area contributed by atoms with Crippen molar-refractivity contribution in [2.24, 2.45) is 5.92 Å². The Morgan fingerprint density at radius 3 is 2.54 bits per heavy atom. The average molecular weight is 326 g/mol. The maximum atomic E-state index is 13.0. The molecule has 1 aliphatic heterocycles. The van der Waals surface area contributed by atoms with E-state index in [0.717, 1.165) is 60.5 Å². The Labute approximate surface area is 143 Å². The number of amides is 1. The molecule has 4 nitrogen and oxygen atoms in total. The molecule has 4 heteroatoms. The van der Waals surface area contributed by atoms with E-state index < -0.39 is 0 Å². The summed E-state index contributed by atoms with van der Waals surface area (Å²) < 4.78 is 5.43. The van der Waals surface area contributed by atoms with Crippen LogP contribution in [0.25, 0.3) is 10.8 Å². The Morgan fingerprint density at radius 2 is 1.88 bits per heavy atom. The van der Waals surface area contributed by atoms with Crippen LogP contribution >= 0.6 is 0 Å². The highest BCUT2D eigenvalue weighted by Gasteiger charge is 2.24. The van der Waals surface area contributed by atoms with Crippen molar-refractivity contribution < 1.29 is 9.53 Å². The molecule has 0 spiro atoms. The summed E-state index contributed by atoms with van der Waals surface area (Å²) in [6.45, 7) is 2.77. The first-order chi connectivity index (χ1) is 11.7. The minimum Gasteiger partial charge on any atom is -0.496 e. The largest absolute Gasteiger partial charge is 0.496 e. The van der Waals surface area contributed by atoms with Crippen molar-refractivity contribution in [3.63, 3.8) is 0 Å². The van der Waals surface area contributed by atoms with Crippen LogP contribution in [0.3, 0.4) is 0 Å². The van der Waals surface area contributed by atoms with E-state index in [9.17, 15) is 4.79 Å². The van der Waals surface area contributed by atoms with E-state index in [1.807, 2.05) is 48.3 Å². The molecule has 0 aliphatic carbocycles. The van der Waals surface area contributed by atoms with Crippen LogP contribution in [-0.2, 0) is 0 Å². The molecule has 1 fully saturated rings. The Kier molecular flexibility index (Phi) is 5.36. The molecule has 0 radical (unpaired) electrons. The van der Waals surface area contributed by atoms with Crippen LogP contribution in [0.4, 0.5) is 0 Å². The molecule has 0 aromatic heterocycles. The standard InChI is InChI=1S/C20H26N2O2/c1-21-12-9-15-10-13-22(14-11-15)20(23)18-7-8-19(24-2)17-6-4-3-5-16(17)18/h3-8,15,21H,9-14H2,1-2H3. The molecule has 2 aromatic rings. The number of rotatable bonds is 5. The molecule has 0 atom stereocenters. The number of carbonyl (C=O) groups is 1. The molecule has 1 amide bonds. The minimum atomic E-state index is 0.140. The van der Waals surface area contributed by atoms with Gasteiger partial charge in [-0.2, -0.15) is 0 Å². The number of ether oxygens (including phenoxy) is 1. The Morgan fingerprint density at radius 1 is 1.17 bits per heavy atom. The topological polar surface area (TPSA) is 41.6 Å². The Hall–Kier alpha value is -2.07. The number of carbonyl (C=O) groups excluding carboxylic acids is 1. The molecule has 0 saturated carbocycles. The zero-order chi connectivity index (χ0) is 16.9. The van der Waals surface area contributed by atoms with Gasteiger partial charge in [0, 0.05) is 24.0 Å². The van der Waals surface area contributed by atoms with Crippen molar-refractivity contribution in [3.8, 4) is 5.75 Å². The van der Waals surface area contributed by atoms with Gasteiger partial charge in [-0.1, -0.05) is 24.3 Å². The highest BCUT2D eigenvalue weighted by Crippen LogP contribution is 2.30. The third-order valence-corrected chi connectivity index (χ3v) is 5.04. The highest BCUT2D eigenvalue weighted by atomic mass is 16.5. The molecule has 0 bridgehead atoms. The highest BCUT2D eigenvalue weighted by molar-refractivity contribution is 6.08. The molecule has 1 N–H and O–H groups in total. The van der Waals surface area contributed by atoms with E-state index in [-0.39, 0.29) is 5.91 Å². The molecule has 0 unspecified atom stereocenters. The van der Waals surface area contributed by atoms with Crippen LogP contribution in [0.1, 0.15) is 29.6 Å². The number of hydrogen-bond acceptors (Lipinski definition) is 3. The van der Waals surface area contributed by atoms with E-state index in [0.29, 0.717) is 0 Å². The van der Waals surface area contributed by atoms with Crippen molar-refractivity contribution >= 4 is 16.7 Å². The van der Waals surface area contributed by atoms with Gasteiger partial charge in [0.15, 0.2) is 0 Å². The van der Waals surface area contributed by atoms with Crippen LogP contribution in [-0.4, -0.2) is 44.6 Å². The number of piperidine rings is 1.